The molecule has 1 aromatic carbocycles. The van der Waals surface area contributed by atoms with Crippen LogP contribution in [-0.4, -0.2) is 40.0 Å². The summed E-state index contributed by atoms with van der Waals surface area (Å²) in [6, 6.07) is 7.00. The molecule has 2 heterocycles. The number of nitrogens with zero attached hydrogens (tertiary/aromatic N) is 2. The van der Waals surface area contributed by atoms with E-state index in [1.54, 1.807) is 40.5 Å². The summed E-state index contributed by atoms with van der Waals surface area (Å²) in [6.45, 7) is 3.15. The van der Waals surface area contributed by atoms with E-state index < -0.39 is 11.9 Å². The quantitative estimate of drug-likeness (QED) is 0.887. The van der Waals surface area contributed by atoms with Crippen molar-refractivity contribution in [2.75, 3.05) is 13.1 Å². The minimum atomic E-state index is -0.840. The molecule has 0 unspecified atom stereocenters. The lowest BCUT2D eigenvalue weighted by atomic mass is 9.97. The average molecular weight is 360 g/mol. The van der Waals surface area contributed by atoms with E-state index in [2.05, 4.69) is 4.98 Å². The number of carbonyl (C=O) groups is 2. The zero-order chi connectivity index (χ0) is 17.8. The summed E-state index contributed by atoms with van der Waals surface area (Å²) in [4.78, 5) is 29.8. The van der Waals surface area contributed by atoms with E-state index in [1.165, 1.54) is 0 Å². The number of benzene rings is 1. The number of carbonyl (C=O) groups excluding carboxylic acids is 1. The first-order valence-electron chi connectivity index (χ1n) is 8.19. The second-order valence-electron chi connectivity index (χ2n) is 6.10. The van der Waals surface area contributed by atoms with E-state index in [0.717, 1.165) is 10.7 Å². The Morgan fingerprint density at radius 3 is 3.00 bits per heavy atom. The molecule has 1 amide bonds. The Labute approximate surface area is 150 Å². The Morgan fingerprint density at radius 2 is 2.28 bits per heavy atom. The summed E-state index contributed by atoms with van der Waals surface area (Å²) >= 11 is 1.57. The molecule has 1 aliphatic rings. The SMILES string of the molecule is Cc1nc(COc2cccc(C(=O)N3CCC[C@@H](C(=O)O)C3)c2)cs1. The smallest absolute Gasteiger partial charge is 0.308 e. The minimum Gasteiger partial charge on any atom is -0.487 e. The maximum Gasteiger partial charge on any atom is 0.308 e. The van der Waals surface area contributed by atoms with E-state index in [1.807, 2.05) is 12.3 Å². The maximum absolute atomic E-state index is 12.7. The number of hydrogen-bond donors (Lipinski definition) is 1. The van der Waals surface area contributed by atoms with Gasteiger partial charge in [-0.15, -0.1) is 11.3 Å². The number of aryl methyl sites for hydroxylation is 1. The zero-order valence-electron chi connectivity index (χ0n) is 14.0. The fraction of sp³-hybridized carbons (Fsp3) is 0.389. The van der Waals surface area contributed by atoms with Crippen LogP contribution in [0.15, 0.2) is 29.6 Å². The van der Waals surface area contributed by atoms with Gasteiger partial charge in [-0.1, -0.05) is 6.07 Å². The monoisotopic (exact) mass is 360 g/mol. The molecule has 0 bridgehead atoms. The van der Waals surface area contributed by atoms with Gasteiger partial charge < -0.3 is 14.7 Å². The Balaban J connectivity index is 1.65. The highest BCUT2D eigenvalue weighted by Gasteiger charge is 2.28. The molecule has 1 fully saturated rings. The van der Waals surface area contributed by atoms with Crippen LogP contribution in [0.25, 0.3) is 0 Å². The number of hydrogen-bond acceptors (Lipinski definition) is 5. The van der Waals surface area contributed by atoms with E-state index >= 15 is 0 Å². The Kier molecular flexibility index (Phi) is 5.33. The number of likely N-dealkylation sites (tertiary alicyclic amines) is 1. The molecule has 0 radical (unpaired) electrons. The molecule has 0 saturated carbocycles. The first kappa shape index (κ1) is 17.4. The lowest BCUT2D eigenvalue weighted by molar-refractivity contribution is -0.143. The first-order valence-corrected chi connectivity index (χ1v) is 9.07. The Hall–Kier alpha value is -2.41. The molecule has 25 heavy (non-hydrogen) atoms. The number of amides is 1. The second kappa shape index (κ2) is 7.65. The van der Waals surface area contributed by atoms with Gasteiger partial charge in [0.1, 0.15) is 12.4 Å². The molecule has 0 spiro atoms. The van der Waals surface area contributed by atoms with Crippen LogP contribution in [0.5, 0.6) is 5.75 Å². The van der Waals surface area contributed by atoms with Gasteiger partial charge in [0.15, 0.2) is 0 Å². The van der Waals surface area contributed by atoms with E-state index in [-0.39, 0.29) is 12.5 Å². The summed E-state index contributed by atoms with van der Waals surface area (Å²) in [5, 5.41) is 12.1. The van der Waals surface area contributed by atoms with Gasteiger partial charge in [0.25, 0.3) is 5.91 Å². The number of rotatable bonds is 5. The molecule has 1 atom stereocenters. The van der Waals surface area contributed by atoms with Crippen LogP contribution in [0, 0.1) is 12.8 Å². The van der Waals surface area contributed by atoms with Crippen LogP contribution in [0.1, 0.15) is 33.9 Å². The Morgan fingerprint density at radius 1 is 1.44 bits per heavy atom. The van der Waals surface area contributed by atoms with Crippen molar-refractivity contribution in [2.24, 2.45) is 5.92 Å². The molecule has 1 aromatic heterocycles. The molecule has 3 rings (SSSR count). The fourth-order valence-electron chi connectivity index (χ4n) is 2.90. The fourth-order valence-corrected chi connectivity index (χ4v) is 3.49. The largest absolute Gasteiger partial charge is 0.487 e. The van der Waals surface area contributed by atoms with Gasteiger partial charge in [-0.2, -0.15) is 0 Å². The highest BCUT2D eigenvalue weighted by molar-refractivity contribution is 7.09. The van der Waals surface area contributed by atoms with Crippen LogP contribution in [0.4, 0.5) is 0 Å². The van der Waals surface area contributed by atoms with Gasteiger partial charge in [-0.25, -0.2) is 4.98 Å². The van der Waals surface area contributed by atoms with Gasteiger partial charge >= 0.3 is 5.97 Å². The van der Waals surface area contributed by atoms with Crippen LogP contribution in [0.2, 0.25) is 0 Å². The van der Waals surface area contributed by atoms with Crippen LogP contribution in [0.3, 0.4) is 0 Å². The van der Waals surface area contributed by atoms with E-state index in [9.17, 15) is 9.59 Å². The number of thiazole rings is 1. The number of carboxylic acid groups (broad SMARTS) is 1. The standard InChI is InChI=1S/C18H20N2O4S/c1-12-19-15(11-25-12)10-24-16-6-2-4-13(8-16)17(21)20-7-3-5-14(9-20)18(22)23/h2,4,6,8,11,14H,3,5,7,9-10H2,1H3,(H,22,23)/t14-/m1/s1. The molecule has 7 heteroatoms. The van der Waals surface area contributed by atoms with Crippen LogP contribution >= 0.6 is 11.3 Å². The average Bonchev–Trinajstić information content (AvgIpc) is 3.05. The molecule has 1 saturated heterocycles. The van der Waals surface area contributed by atoms with Gasteiger partial charge in [0.2, 0.25) is 0 Å². The molecule has 2 aromatic rings. The summed E-state index contributed by atoms with van der Waals surface area (Å²) in [5.41, 5.74) is 1.37. The summed E-state index contributed by atoms with van der Waals surface area (Å²) in [5.74, 6) is -0.873. The number of aromatic nitrogens is 1. The van der Waals surface area contributed by atoms with Crippen molar-refractivity contribution in [1.82, 2.24) is 9.88 Å². The number of aliphatic carboxylic acids is 1. The van der Waals surface area contributed by atoms with Gasteiger partial charge in [-0.05, 0) is 38.0 Å². The summed E-state index contributed by atoms with van der Waals surface area (Å²) in [7, 11) is 0. The van der Waals surface area contributed by atoms with Crippen molar-refractivity contribution < 1.29 is 19.4 Å². The van der Waals surface area contributed by atoms with Crippen molar-refractivity contribution in [3.8, 4) is 5.75 Å². The number of carboxylic acids is 1. The summed E-state index contributed by atoms with van der Waals surface area (Å²) < 4.78 is 5.72. The van der Waals surface area contributed by atoms with Crippen LogP contribution in [-0.2, 0) is 11.4 Å². The third-order valence-corrected chi connectivity index (χ3v) is 5.01. The van der Waals surface area contributed by atoms with E-state index in [0.29, 0.717) is 37.3 Å². The second-order valence-corrected chi connectivity index (χ2v) is 7.17. The molecule has 1 aliphatic heterocycles. The molecular weight excluding hydrogens is 340 g/mol. The predicted octanol–water partition coefficient (Wildman–Crippen LogP) is 2.97. The van der Waals surface area contributed by atoms with Crippen LogP contribution < -0.4 is 4.74 Å². The van der Waals surface area contributed by atoms with Gasteiger partial charge in [0, 0.05) is 24.0 Å². The highest BCUT2D eigenvalue weighted by Crippen LogP contribution is 2.21. The van der Waals surface area contributed by atoms with Gasteiger partial charge in [-0.3, -0.25) is 9.59 Å². The predicted molar refractivity (Wildman–Crippen MR) is 93.9 cm³/mol. The lowest BCUT2D eigenvalue weighted by Crippen LogP contribution is -2.42. The van der Waals surface area contributed by atoms with E-state index in [4.69, 9.17) is 9.84 Å². The van der Waals surface area contributed by atoms with Crippen molar-refractivity contribution in [3.05, 3.63) is 45.9 Å². The normalized spacial score (nSPS) is 17.3. The molecule has 0 aliphatic carbocycles. The highest BCUT2D eigenvalue weighted by atomic mass is 32.1. The third kappa shape index (κ3) is 4.36. The van der Waals surface area contributed by atoms with Gasteiger partial charge in [0.05, 0.1) is 16.6 Å². The minimum absolute atomic E-state index is 0.152. The van der Waals surface area contributed by atoms with Crippen molar-refractivity contribution in [3.63, 3.8) is 0 Å². The van der Waals surface area contributed by atoms with Crippen molar-refractivity contribution in [2.45, 2.75) is 26.4 Å². The molecule has 132 valence electrons. The Bertz CT molecular complexity index is 774. The van der Waals surface area contributed by atoms with Crippen molar-refractivity contribution >= 4 is 23.2 Å². The third-order valence-electron chi connectivity index (χ3n) is 4.19. The summed E-state index contributed by atoms with van der Waals surface area (Å²) in [6.07, 6.45) is 1.33. The van der Waals surface area contributed by atoms with Crippen molar-refractivity contribution in [1.29, 1.82) is 0 Å². The maximum atomic E-state index is 12.7. The molecular formula is C18H20N2O4S. The number of ether oxygens (including phenoxy) is 1. The number of piperidine rings is 1. The molecule has 1 N–H and O–H groups in total. The topological polar surface area (TPSA) is 79.7 Å². The zero-order valence-corrected chi connectivity index (χ0v) is 14.8. The first-order chi connectivity index (χ1) is 12.0. The lowest BCUT2D eigenvalue weighted by Gasteiger charge is -2.30. The molecule has 6 nitrogen and oxygen atoms in total.